The van der Waals surface area contributed by atoms with Gasteiger partial charge in [0.25, 0.3) is 0 Å². The van der Waals surface area contributed by atoms with Gasteiger partial charge in [0.05, 0.1) is 30.2 Å². The van der Waals surface area contributed by atoms with Crippen LogP contribution in [0.15, 0.2) is 71.8 Å². The number of hydrogen-bond acceptors (Lipinski definition) is 15. The lowest BCUT2D eigenvalue weighted by atomic mass is 9.44. The number of benzene rings is 2. The molecule has 1 aliphatic heterocycles. The monoisotopic (exact) mass is 1010 g/mol. The lowest BCUT2D eigenvalue weighted by Crippen LogP contribution is -2.83. The van der Waals surface area contributed by atoms with Crippen molar-refractivity contribution >= 4 is 47.8 Å². The molecular formula is C52H74NO15PSi. The van der Waals surface area contributed by atoms with E-state index >= 15 is 0 Å². The minimum atomic E-state index is -2.59. The van der Waals surface area contributed by atoms with Crippen LogP contribution in [0.1, 0.15) is 112 Å². The Morgan fingerprint density at radius 3 is 2.01 bits per heavy atom. The molecule has 13 atom stereocenters. The van der Waals surface area contributed by atoms with Crippen molar-refractivity contribution in [1.29, 1.82) is 0 Å². The third kappa shape index (κ3) is 10.4. The topological polar surface area (TPSA) is 212 Å². The van der Waals surface area contributed by atoms with Crippen molar-refractivity contribution in [1.82, 2.24) is 5.32 Å². The van der Waals surface area contributed by atoms with Gasteiger partial charge in [-0.2, -0.15) is 0 Å². The van der Waals surface area contributed by atoms with Crippen LogP contribution in [0.3, 0.4) is 0 Å². The maximum Gasteiger partial charge on any atom is 0.407 e. The summed E-state index contributed by atoms with van der Waals surface area (Å²) in [5.41, 5.74) is -6.48. The Balaban J connectivity index is 1.60. The van der Waals surface area contributed by atoms with Gasteiger partial charge in [-0.15, -0.1) is 0 Å². The third-order valence-electron chi connectivity index (χ3n) is 15.7. The number of ether oxygens (including phenoxy) is 6. The van der Waals surface area contributed by atoms with Crippen molar-refractivity contribution in [2.45, 2.75) is 186 Å². The molecule has 1 heterocycles. The highest BCUT2D eigenvalue weighted by Gasteiger charge is 2.78. The van der Waals surface area contributed by atoms with E-state index in [1.807, 2.05) is 30.3 Å². The molecule has 0 aromatic heterocycles. The fraction of sp³-hybridized carbons (Fsp3) is 0.635. The largest absolute Gasteiger partial charge is 0.456 e. The molecule has 2 aromatic carbocycles. The summed E-state index contributed by atoms with van der Waals surface area (Å²) in [5, 5.41) is 30.6. The minimum absolute atomic E-state index is 0.109. The first-order valence-electron chi connectivity index (χ1n) is 24.4. The fourth-order valence-electron chi connectivity index (χ4n) is 11.8. The second-order valence-corrected chi connectivity index (χ2v) is 26.2. The predicted molar refractivity (Wildman–Crippen MR) is 264 cm³/mol. The molecular weight excluding hydrogens is 938 g/mol. The Kier molecular flexibility index (Phi) is 16.6. The van der Waals surface area contributed by atoms with Crippen LogP contribution in [0.5, 0.6) is 0 Å². The molecule has 0 spiro atoms. The van der Waals surface area contributed by atoms with E-state index in [1.54, 1.807) is 78.8 Å². The van der Waals surface area contributed by atoms with E-state index in [0.29, 0.717) is 5.57 Å². The number of nitrogens with one attached hydrogen (secondary N) is 1. The van der Waals surface area contributed by atoms with Crippen molar-refractivity contribution in [2.75, 3.05) is 6.61 Å². The molecule has 3 fully saturated rings. The predicted octanol–water partition coefficient (Wildman–Crippen LogP) is 7.34. The number of carbonyl (C=O) groups is 5. The van der Waals surface area contributed by atoms with Crippen LogP contribution >= 0.6 is 9.47 Å². The maximum atomic E-state index is 14.8. The number of aliphatic hydroxyl groups is 2. The fourth-order valence-corrected chi connectivity index (χ4v) is 15.1. The first-order chi connectivity index (χ1) is 32.8. The molecule has 1 saturated heterocycles. The lowest BCUT2D eigenvalue weighted by molar-refractivity contribution is -0.363. The van der Waals surface area contributed by atoms with Crippen LogP contribution in [0.4, 0.5) is 4.79 Å². The van der Waals surface area contributed by atoms with E-state index < -0.39 is 127 Å². The van der Waals surface area contributed by atoms with Crippen molar-refractivity contribution in [2.24, 2.45) is 16.7 Å². The molecule has 70 heavy (non-hydrogen) atoms. The van der Waals surface area contributed by atoms with Crippen LogP contribution in [-0.4, -0.2) is 121 Å². The van der Waals surface area contributed by atoms with Crippen LogP contribution in [0.2, 0.25) is 18.1 Å². The van der Waals surface area contributed by atoms with Gasteiger partial charge in [-0.25, -0.2) is 14.4 Å². The Bertz CT molecular complexity index is 2260. The van der Waals surface area contributed by atoms with Gasteiger partial charge in [-0.3, -0.25) is 9.59 Å². The number of fused-ring (bicyclic) bond motifs is 5. The zero-order valence-corrected chi connectivity index (χ0v) is 44.9. The smallest absolute Gasteiger partial charge is 0.407 e. The van der Waals surface area contributed by atoms with Crippen LogP contribution < -0.4 is 5.32 Å². The first-order valence-corrected chi connectivity index (χ1v) is 27.4. The normalized spacial score (nSPS) is 31.2. The van der Waals surface area contributed by atoms with Gasteiger partial charge in [0.15, 0.2) is 26.1 Å². The Morgan fingerprint density at radius 1 is 0.900 bits per heavy atom. The van der Waals surface area contributed by atoms with Gasteiger partial charge in [0.1, 0.15) is 35.6 Å². The summed E-state index contributed by atoms with van der Waals surface area (Å²) >= 11 is 0. The Hall–Kier alpha value is -4.22. The van der Waals surface area contributed by atoms with Crippen LogP contribution in [0.25, 0.3) is 0 Å². The summed E-state index contributed by atoms with van der Waals surface area (Å²) in [6.07, 6.45) is -10.4. The molecule has 3 N–H and O–H groups in total. The number of amides is 1. The molecule has 2 bridgehead atoms. The lowest BCUT2D eigenvalue weighted by Gasteiger charge is -2.70. The van der Waals surface area contributed by atoms with Crippen molar-refractivity contribution in [3.8, 4) is 0 Å². The number of alkyl carbamates (subject to hydrolysis) is 1. The summed E-state index contributed by atoms with van der Waals surface area (Å²) in [4.78, 5) is 69.8. The number of esters is 4. The maximum absolute atomic E-state index is 14.8. The van der Waals surface area contributed by atoms with E-state index in [9.17, 15) is 34.2 Å². The van der Waals surface area contributed by atoms with Crippen molar-refractivity contribution in [3.63, 3.8) is 0 Å². The summed E-state index contributed by atoms with van der Waals surface area (Å²) in [7, 11) is -0.518. The first kappa shape index (κ1) is 55.1. The van der Waals surface area contributed by atoms with Crippen molar-refractivity contribution < 1.29 is 71.6 Å². The zero-order valence-electron chi connectivity index (χ0n) is 42.7. The highest BCUT2D eigenvalue weighted by atomic mass is 31.0. The highest BCUT2D eigenvalue weighted by Crippen LogP contribution is 2.66. The quantitative estimate of drug-likeness (QED) is 0.0494. The molecule has 1 unspecified atom stereocenters. The van der Waals surface area contributed by atoms with E-state index in [1.165, 1.54) is 13.8 Å². The second kappa shape index (κ2) is 21.1. The zero-order chi connectivity index (χ0) is 51.8. The van der Waals surface area contributed by atoms with Gasteiger partial charge in [-0.1, -0.05) is 90.1 Å². The molecule has 2 aromatic rings. The average molecular weight is 1010 g/mol. The van der Waals surface area contributed by atoms with Crippen LogP contribution in [-0.2, 0) is 58.2 Å². The highest BCUT2D eigenvalue weighted by molar-refractivity contribution is 7.09. The minimum Gasteiger partial charge on any atom is -0.456 e. The van der Waals surface area contributed by atoms with Gasteiger partial charge >= 0.3 is 30.0 Å². The van der Waals surface area contributed by atoms with E-state index in [4.69, 9.17) is 37.4 Å². The number of aliphatic hydroxyl groups excluding tert-OH is 1. The summed E-state index contributed by atoms with van der Waals surface area (Å²) < 4.78 is 50.9. The van der Waals surface area contributed by atoms with Gasteiger partial charge in [-0.05, 0) is 81.1 Å². The Labute approximate surface area is 415 Å². The molecule has 3 aliphatic carbocycles. The summed E-state index contributed by atoms with van der Waals surface area (Å²) in [6.45, 7) is 20.4. The molecule has 6 rings (SSSR count). The van der Waals surface area contributed by atoms with E-state index in [0.717, 1.165) is 23.7 Å². The molecule has 16 nitrogen and oxygen atoms in total. The third-order valence-corrected chi connectivity index (χ3v) is 20.7. The second-order valence-electron chi connectivity index (χ2n) is 21.2. The average Bonchev–Trinajstić information content (AvgIpc) is 3.28. The standard InChI is InChI=1S/C52H74NO15PSi/c1-13-70(14-2,15-3)68-37-27-38-51(29-61-38,65-32(6)55)42-44(64-45(57)34-24-20-17-21-25-34)52(60)28-36(30(4)39(49(52,10)11)41(62-31(5)54)43(56)50(37,42)12)63-46(58)40(67-69)35(26-33-22-18-16-19-23-33)53-47(59)66-48(7,8)9/h16-25,35-38,40-44,56,60H,13-15,26-29,69H2,1-12H3,(H,53,59)/t35-,36-,37-,38+,40+,41+,42-,43-,44-,50+,51-,52+/m0/s1. The van der Waals surface area contributed by atoms with Gasteiger partial charge < -0.3 is 52.9 Å². The number of rotatable bonds is 16. The van der Waals surface area contributed by atoms with E-state index in [2.05, 4.69) is 35.6 Å². The van der Waals surface area contributed by atoms with Crippen LogP contribution in [0, 0.1) is 16.7 Å². The van der Waals surface area contributed by atoms with Gasteiger partial charge in [0, 0.05) is 47.0 Å². The molecule has 18 heteroatoms. The number of carbonyl (C=O) groups excluding carboxylic acids is 5. The number of hydrogen-bond donors (Lipinski definition) is 3. The van der Waals surface area contributed by atoms with E-state index in [-0.39, 0.29) is 30.6 Å². The summed E-state index contributed by atoms with van der Waals surface area (Å²) in [6, 6.07) is 18.5. The molecule has 386 valence electrons. The SMILES string of the molecule is CC[Si](CC)(CC)O[C@H]1C[C@H]2OC[C@@]2(OC(C)=O)[C@H]2[C@H](OC(=O)c3ccccc3)[C@]3(O)C[C@H](OC(=O)[C@H](OP)[C@H](Cc4ccccc4)NC(=O)OC(C)(C)C)C(C)=C([C@@H](OC(C)=O)[C@H](O)[C@]12C)C3(C)C. The molecule has 1 amide bonds. The molecule has 0 radical (unpaired) electrons. The molecule has 4 aliphatic rings. The molecule has 2 saturated carbocycles. The Morgan fingerprint density at radius 2 is 1.50 bits per heavy atom. The van der Waals surface area contributed by atoms with Gasteiger partial charge in [0.2, 0.25) is 0 Å². The van der Waals surface area contributed by atoms with Crippen molar-refractivity contribution in [3.05, 3.63) is 82.9 Å². The summed E-state index contributed by atoms with van der Waals surface area (Å²) in [5.74, 6) is -4.51.